The molecule has 1 rings (SSSR count). The fourth-order valence-corrected chi connectivity index (χ4v) is 3.48. The van der Waals surface area contributed by atoms with Gasteiger partial charge in [-0.25, -0.2) is 8.42 Å². The van der Waals surface area contributed by atoms with E-state index in [2.05, 4.69) is 15.9 Å². The van der Waals surface area contributed by atoms with Gasteiger partial charge in [-0.2, -0.15) is 0 Å². The number of hydrogen-bond donors (Lipinski definition) is 1. The lowest BCUT2D eigenvalue weighted by Crippen LogP contribution is -2.23. The number of halogens is 1. The Labute approximate surface area is 117 Å². The molecule has 0 aromatic heterocycles. The van der Waals surface area contributed by atoms with Gasteiger partial charge >= 0.3 is 0 Å². The van der Waals surface area contributed by atoms with Crippen LogP contribution in [0.5, 0.6) is 5.75 Å². The molecule has 1 unspecified atom stereocenters. The van der Waals surface area contributed by atoms with Crippen LogP contribution in [0.15, 0.2) is 22.7 Å². The quantitative estimate of drug-likeness (QED) is 0.864. The second-order valence-corrected chi connectivity index (χ2v) is 7.49. The van der Waals surface area contributed by atoms with Crippen molar-refractivity contribution in [1.82, 2.24) is 0 Å². The highest BCUT2D eigenvalue weighted by atomic mass is 79.9. The zero-order chi connectivity index (χ0) is 13.8. The molecule has 1 aromatic rings. The number of nitrogens with two attached hydrogens (primary N) is 1. The van der Waals surface area contributed by atoms with Crippen molar-refractivity contribution in [2.24, 2.45) is 5.73 Å². The van der Waals surface area contributed by atoms with E-state index in [9.17, 15) is 8.42 Å². The highest BCUT2D eigenvalue weighted by molar-refractivity contribution is 9.10. The van der Waals surface area contributed by atoms with Crippen molar-refractivity contribution in [2.45, 2.75) is 24.3 Å². The molecule has 0 aliphatic heterocycles. The zero-order valence-electron chi connectivity index (χ0n) is 10.5. The molecule has 0 spiro atoms. The lowest BCUT2D eigenvalue weighted by Gasteiger charge is -2.14. The van der Waals surface area contributed by atoms with Crippen molar-refractivity contribution in [2.75, 3.05) is 13.7 Å². The summed E-state index contributed by atoms with van der Waals surface area (Å²) in [5.41, 5.74) is 6.07. The number of methoxy groups -OCH3 is 1. The van der Waals surface area contributed by atoms with Gasteiger partial charge in [-0.1, -0.05) is 15.9 Å². The Morgan fingerprint density at radius 2 is 2.11 bits per heavy atom. The molecule has 0 aliphatic carbocycles. The highest BCUT2D eigenvalue weighted by Crippen LogP contribution is 2.26. The number of rotatable bonds is 6. The minimum Gasteiger partial charge on any atom is -0.496 e. The summed E-state index contributed by atoms with van der Waals surface area (Å²) in [5.74, 6) is 0.554. The van der Waals surface area contributed by atoms with Gasteiger partial charge < -0.3 is 10.5 Å². The van der Waals surface area contributed by atoms with E-state index in [0.29, 0.717) is 24.3 Å². The molecule has 4 nitrogen and oxygen atoms in total. The Balaban J connectivity index is 3.00. The smallest absolute Gasteiger partial charge is 0.157 e. The molecule has 1 aromatic carbocycles. The molecule has 6 heteroatoms. The highest BCUT2D eigenvalue weighted by Gasteiger charge is 2.22. The number of hydrogen-bond acceptors (Lipinski definition) is 4. The SMILES string of the molecule is COc1ccc(Br)cc1CS(=O)(=O)C(C)CCN. The van der Waals surface area contributed by atoms with Crippen LogP contribution in [0, 0.1) is 0 Å². The Bertz CT molecular complexity index is 502. The van der Waals surface area contributed by atoms with Gasteiger partial charge in [0.15, 0.2) is 9.84 Å². The molecule has 0 radical (unpaired) electrons. The largest absolute Gasteiger partial charge is 0.496 e. The molecular weight excluding hydrogens is 318 g/mol. The van der Waals surface area contributed by atoms with Crippen LogP contribution < -0.4 is 10.5 Å². The van der Waals surface area contributed by atoms with E-state index >= 15 is 0 Å². The van der Waals surface area contributed by atoms with Gasteiger partial charge in [0.2, 0.25) is 0 Å². The summed E-state index contributed by atoms with van der Waals surface area (Å²) >= 11 is 3.33. The standard InChI is InChI=1S/C12H18BrNO3S/c1-9(5-6-14)18(15,16)8-10-7-11(13)3-4-12(10)17-2/h3-4,7,9H,5-6,8,14H2,1-2H3. The van der Waals surface area contributed by atoms with Crippen LogP contribution in [0.1, 0.15) is 18.9 Å². The first kappa shape index (κ1) is 15.5. The van der Waals surface area contributed by atoms with E-state index in [1.165, 1.54) is 7.11 Å². The molecule has 0 bridgehead atoms. The van der Waals surface area contributed by atoms with Crippen molar-refractivity contribution >= 4 is 25.8 Å². The summed E-state index contributed by atoms with van der Waals surface area (Å²) in [4.78, 5) is 0. The summed E-state index contributed by atoms with van der Waals surface area (Å²) < 4.78 is 30.3. The monoisotopic (exact) mass is 335 g/mol. The van der Waals surface area contributed by atoms with Crippen LogP contribution >= 0.6 is 15.9 Å². The summed E-state index contributed by atoms with van der Waals surface area (Å²) in [7, 11) is -1.68. The summed E-state index contributed by atoms with van der Waals surface area (Å²) in [6.45, 7) is 2.06. The van der Waals surface area contributed by atoms with Gasteiger partial charge in [0.05, 0.1) is 18.1 Å². The van der Waals surface area contributed by atoms with Crippen molar-refractivity contribution in [3.8, 4) is 5.75 Å². The third-order valence-corrected chi connectivity index (χ3v) is 5.45. The topological polar surface area (TPSA) is 69.4 Å². The van der Waals surface area contributed by atoms with E-state index in [1.807, 2.05) is 6.07 Å². The van der Waals surface area contributed by atoms with Crippen molar-refractivity contribution in [3.63, 3.8) is 0 Å². The number of ether oxygens (including phenoxy) is 1. The fourth-order valence-electron chi connectivity index (χ4n) is 1.63. The normalized spacial score (nSPS) is 13.3. The molecule has 1 atom stereocenters. The predicted molar refractivity (Wildman–Crippen MR) is 76.5 cm³/mol. The second-order valence-electron chi connectivity index (χ2n) is 4.15. The summed E-state index contributed by atoms with van der Waals surface area (Å²) in [6.07, 6.45) is 0.471. The minimum atomic E-state index is -3.21. The van der Waals surface area contributed by atoms with Crippen molar-refractivity contribution < 1.29 is 13.2 Å². The molecule has 0 fully saturated rings. The van der Waals surface area contributed by atoms with E-state index < -0.39 is 15.1 Å². The first-order valence-corrected chi connectivity index (χ1v) is 8.15. The number of sulfone groups is 1. The van der Waals surface area contributed by atoms with Gasteiger partial charge in [-0.3, -0.25) is 0 Å². The molecule has 0 saturated carbocycles. The Hall–Kier alpha value is -0.590. The predicted octanol–water partition coefficient (Wildman–Crippen LogP) is 2.11. The van der Waals surface area contributed by atoms with E-state index in [4.69, 9.17) is 10.5 Å². The van der Waals surface area contributed by atoms with Crippen LogP contribution in [0.2, 0.25) is 0 Å². The number of benzene rings is 1. The maximum absolute atomic E-state index is 12.1. The van der Waals surface area contributed by atoms with Crippen LogP contribution in [-0.4, -0.2) is 27.3 Å². The van der Waals surface area contributed by atoms with Crippen LogP contribution in [-0.2, 0) is 15.6 Å². The van der Waals surface area contributed by atoms with E-state index in [1.54, 1.807) is 19.1 Å². The lowest BCUT2D eigenvalue weighted by atomic mass is 10.2. The first-order chi connectivity index (χ1) is 8.40. The Kier molecular flexibility index (Phi) is 5.62. The van der Waals surface area contributed by atoms with Crippen LogP contribution in [0.25, 0.3) is 0 Å². The average molecular weight is 336 g/mol. The molecule has 102 valence electrons. The second kappa shape index (κ2) is 6.54. The van der Waals surface area contributed by atoms with Gasteiger partial charge in [0.1, 0.15) is 5.75 Å². The summed E-state index contributed by atoms with van der Waals surface area (Å²) in [5, 5.41) is -0.439. The molecule has 0 amide bonds. The molecule has 0 aliphatic rings. The third kappa shape index (κ3) is 3.96. The van der Waals surface area contributed by atoms with Crippen molar-refractivity contribution in [1.29, 1.82) is 0 Å². The van der Waals surface area contributed by atoms with Crippen LogP contribution in [0.4, 0.5) is 0 Å². The molecule has 18 heavy (non-hydrogen) atoms. The average Bonchev–Trinajstić information content (AvgIpc) is 2.29. The molecular formula is C12H18BrNO3S. The van der Waals surface area contributed by atoms with Gasteiger partial charge in [0, 0.05) is 10.0 Å². The maximum atomic E-state index is 12.1. The maximum Gasteiger partial charge on any atom is 0.157 e. The Morgan fingerprint density at radius 3 is 2.67 bits per heavy atom. The minimum absolute atomic E-state index is 0.0310. The molecule has 0 heterocycles. The van der Waals surface area contributed by atoms with Crippen molar-refractivity contribution in [3.05, 3.63) is 28.2 Å². The third-order valence-electron chi connectivity index (χ3n) is 2.79. The van der Waals surface area contributed by atoms with E-state index in [-0.39, 0.29) is 5.75 Å². The zero-order valence-corrected chi connectivity index (χ0v) is 12.9. The van der Waals surface area contributed by atoms with Crippen LogP contribution in [0.3, 0.4) is 0 Å². The first-order valence-electron chi connectivity index (χ1n) is 5.64. The van der Waals surface area contributed by atoms with Gasteiger partial charge in [0.25, 0.3) is 0 Å². The fraction of sp³-hybridized carbons (Fsp3) is 0.500. The Morgan fingerprint density at radius 1 is 1.44 bits per heavy atom. The summed E-state index contributed by atoms with van der Waals surface area (Å²) in [6, 6.07) is 5.34. The lowest BCUT2D eigenvalue weighted by molar-refractivity contribution is 0.411. The van der Waals surface area contributed by atoms with Gasteiger partial charge in [-0.15, -0.1) is 0 Å². The van der Waals surface area contributed by atoms with E-state index in [0.717, 1.165) is 4.47 Å². The van der Waals surface area contributed by atoms with Gasteiger partial charge in [-0.05, 0) is 38.1 Å². The molecule has 0 saturated heterocycles. The molecule has 2 N–H and O–H groups in total.